The van der Waals surface area contributed by atoms with Gasteiger partial charge in [-0.25, -0.2) is 14.4 Å². The summed E-state index contributed by atoms with van der Waals surface area (Å²) in [5.74, 6) is -2.84. The van der Waals surface area contributed by atoms with Gasteiger partial charge in [-0.1, -0.05) is 0 Å². The lowest BCUT2D eigenvalue weighted by atomic mass is 10.3. The van der Waals surface area contributed by atoms with Crippen molar-refractivity contribution in [3.63, 3.8) is 0 Å². The molecular weight excluding hydrogens is 397 g/mol. The number of hydrogen-bond acceptors (Lipinski definition) is 5. The molecule has 3 rings (SSSR count). The molecule has 0 spiro atoms. The molecule has 0 aliphatic carbocycles. The van der Waals surface area contributed by atoms with Crippen LogP contribution in [0.2, 0.25) is 5.28 Å². The Labute approximate surface area is 153 Å². The van der Waals surface area contributed by atoms with Crippen LogP contribution < -0.4 is 9.47 Å². The van der Waals surface area contributed by atoms with Gasteiger partial charge in [0.25, 0.3) is 5.88 Å². The summed E-state index contributed by atoms with van der Waals surface area (Å²) in [4.78, 5) is 10.1. The van der Waals surface area contributed by atoms with E-state index >= 15 is 0 Å². The first-order chi connectivity index (χ1) is 12.7. The first-order valence-corrected chi connectivity index (χ1v) is 7.47. The summed E-state index contributed by atoms with van der Waals surface area (Å²) in [7, 11) is 0. The number of rotatable bonds is 4. The van der Waals surface area contributed by atoms with Crippen molar-refractivity contribution in [2.45, 2.75) is 6.18 Å². The maximum absolute atomic E-state index is 14.1. The molecule has 0 aliphatic rings. The molecule has 0 radical (unpaired) electrons. The first kappa shape index (κ1) is 18.8. The number of ether oxygens (including phenoxy) is 2. The van der Waals surface area contributed by atoms with E-state index in [0.29, 0.717) is 6.07 Å². The normalized spacial score (nSPS) is 11.3. The van der Waals surface area contributed by atoms with Crippen molar-refractivity contribution in [2.75, 3.05) is 0 Å². The summed E-state index contributed by atoms with van der Waals surface area (Å²) in [5, 5.41) is -0.262. The Balaban J connectivity index is 1.76. The zero-order chi connectivity index (χ0) is 19.6. The Bertz CT molecular complexity index is 967. The van der Waals surface area contributed by atoms with Gasteiger partial charge in [-0.3, -0.25) is 0 Å². The SMILES string of the molecule is Fc1cc(Oc2nc(Cl)ncc2F)ccc1Oc1ccc(C(F)(F)F)nc1. The lowest BCUT2D eigenvalue weighted by Crippen LogP contribution is -2.07. The number of benzene rings is 1. The molecule has 0 fully saturated rings. The van der Waals surface area contributed by atoms with Gasteiger partial charge in [-0.15, -0.1) is 0 Å². The number of nitrogens with zero attached hydrogens (tertiary/aromatic N) is 3. The van der Waals surface area contributed by atoms with E-state index in [-0.39, 0.29) is 22.5 Å². The smallest absolute Gasteiger partial charge is 0.433 e. The lowest BCUT2D eigenvalue weighted by Gasteiger charge is -2.10. The molecule has 0 saturated carbocycles. The maximum Gasteiger partial charge on any atom is 0.433 e. The minimum Gasteiger partial charge on any atom is -0.453 e. The van der Waals surface area contributed by atoms with Crippen molar-refractivity contribution in [3.8, 4) is 23.1 Å². The number of alkyl halides is 3. The molecule has 0 atom stereocenters. The minimum absolute atomic E-state index is 0.107. The fourth-order valence-electron chi connectivity index (χ4n) is 1.88. The van der Waals surface area contributed by atoms with Gasteiger partial charge in [0, 0.05) is 6.07 Å². The molecule has 2 aromatic heterocycles. The predicted molar refractivity (Wildman–Crippen MR) is 82.8 cm³/mol. The average Bonchev–Trinajstić information content (AvgIpc) is 2.60. The average molecular weight is 404 g/mol. The van der Waals surface area contributed by atoms with Crippen LogP contribution in [0.15, 0.2) is 42.7 Å². The molecule has 3 aromatic rings. The van der Waals surface area contributed by atoms with Crippen molar-refractivity contribution < 1.29 is 31.4 Å². The lowest BCUT2D eigenvalue weighted by molar-refractivity contribution is -0.141. The second-order valence-electron chi connectivity index (χ2n) is 4.97. The van der Waals surface area contributed by atoms with Gasteiger partial charge in [0.15, 0.2) is 11.6 Å². The quantitative estimate of drug-likeness (QED) is 0.431. The Morgan fingerprint density at radius 3 is 2.22 bits per heavy atom. The minimum atomic E-state index is -4.60. The zero-order valence-corrected chi connectivity index (χ0v) is 13.7. The highest BCUT2D eigenvalue weighted by molar-refractivity contribution is 6.28. The number of hydrogen-bond donors (Lipinski definition) is 0. The van der Waals surface area contributed by atoms with Gasteiger partial charge in [-0.05, 0) is 35.9 Å². The Kier molecular flexibility index (Phi) is 5.08. The molecule has 2 heterocycles. The predicted octanol–water partition coefficient (Wildman–Crippen LogP) is 5.41. The van der Waals surface area contributed by atoms with Crippen LogP contribution in [-0.2, 0) is 6.18 Å². The number of aromatic nitrogens is 3. The fraction of sp³-hybridized carbons (Fsp3) is 0.0625. The van der Waals surface area contributed by atoms with Crippen LogP contribution in [0, 0.1) is 11.6 Å². The molecule has 0 unspecified atom stereocenters. The third kappa shape index (κ3) is 4.59. The summed E-state index contributed by atoms with van der Waals surface area (Å²) in [6.07, 6.45) is -3.00. The van der Waals surface area contributed by atoms with Crippen LogP contribution in [0.1, 0.15) is 5.69 Å². The molecule has 0 saturated heterocycles. The number of pyridine rings is 1. The van der Waals surface area contributed by atoms with E-state index in [9.17, 15) is 22.0 Å². The van der Waals surface area contributed by atoms with Crippen molar-refractivity contribution >= 4 is 11.6 Å². The summed E-state index contributed by atoms with van der Waals surface area (Å²) in [6.45, 7) is 0. The van der Waals surface area contributed by atoms with Crippen LogP contribution in [0.4, 0.5) is 22.0 Å². The summed E-state index contributed by atoms with van der Waals surface area (Å²) >= 11 is 5.53. The van der Waals surface area contributed by atoms with E-state index in [2.05, 4.69) is 15.0 Å². The maximum atomic E-state index is 14.1. The van der Waals surface area contributed by atoms with Crippen molar-refractivity contribution in [1.82, 2.24) is 15.0 Å². The van der Waals surface area contributed by atoms with E-state index in [4.69, 9.17) is 21.1 Å². The Morgan fingerprint density at radius 2 is 1.59 bits per heavy atom. The van der Waals surface area contributed by atoms with Crippen LogP contribution in [-0.4, -0.2) is 15.0 Å². The van der Waals surface area contributed by atoms with Crippen molar-refractivity contribution in [1.29, 1.82) is 0 Å². The van der Waals surface area contributed by atoms with Crippen LogP contribution in [0.25, 0.3) is 0 Å². The Hall–Kier alpha value is -3.01. The molecule has 5 nitrogen and oxygen atoms in total. The summed E-state index contributed by atoms with van der Waals surface area (Å²) in [5.41, 5.74) is -1.11. The summed E-state index contributed by atoms with van der Waals surface area (Å²) < 4.78 is 75.3. The molecule has 0 bridgehead atoms. The largest absolute Gasteiger partial charge is 0.453 e. The second-order valence-corrected chi connectivity index (χ2v) is 5.30. The molecule has 11 heteroatoms. The number of halogens is 6. The van der Waals surface area contributed by atoms with Crippen LogP contribution in [0.5, 0.6) is 23.1 Å². The molecule has 140 valence electrons. The molecule has 0 N–H and O–H groups in total. The molecular formula is C16H7ClF5N3O2. The zero-order valence-electron chi connectivity index (χ0n) is 13.0. The molecule has 27 heavy (non-hydrogen) atoms. The molecule has 1 aromatic carbocycles. The fourth-order valence-corrected chi connectivity index (χ4v) is 2.00. The topological polar surface area (TPSA) is 57.1 Å². The van der Waals surface area contributed by atoms with Gasteiger partial charge in [-0.2, -0.15) is 22.5 Å². The highest BCUT2D eigenvalue weighted by Crippen LogP contribution is 2.32. The van der Waals surface area contributed by atoms with Gasteiger partial charge < -0.3 is 9.47 Å². The third-order valence-electron chi connectivity index (χ3n) is 3.05. The Morgan fingerprint density at radius 1 is 0.852 bits per heavy atom. The van der Waals surface area contributed by atoms with Crippen molar-refractivity contribution in [2.24, 2.45) is 0 Å². The third-order valence-corrected chi connectivity index (χ3v) is 3.24. The van der Waals surface area contributed by atoms with E-state index in [1.165, 1.54) is 6.07 Å². The monoisotopic (exact) mass is 403 g/mol. The van der Waals surface area contributed by atoms with Gasteiger partial charge in [0.05, 0.1) is 12.4 Å². The highest BCUT2D eigenvalue weighted by Gasteiger charge is 2.32. The van der Waals surface area contributed by atoms with E-state index in [1.54, 1.807) is 0 Å². The van der Waals surface area contributed by atoms with E-state index in [1.807, 2.05) is 0 Å². The van der Waals surface area contributed by atoms with Gasteiger partial charge in [0.1, 0.15) is 17.2 Å². The highest BCUT2D eigenvalue weighted by atomic mass is 35.5. The van der Waals surface area contributed by atoms with E-state index < -0.39 is 29.4 Å². The van der Waals surface area contributed by atoms with Crippen LogP contribution >= 0.6 is 11.6 Å². The first-order valence-electron chi connectivity index (χ1n) is 7.09. The molecule has 0 aliphatic heterocycles. The van der Waals surface area contributed by atoms with Crippen molar-refractivity contribution in [3.05, 3.63) is 65.3 Å². The van der Waals surface area contributed by atoms with Gasteiger partial charge >= 0.3 is 6.18 Å². The second kappa shape index (κ2) is 7.31. The van der Waals surface area contributed by atoms with E-state index in [0.717, 1.165) is 30.6 Å². The standard InChI is InChI=1S/C16H7ClF5N3O2/c17-15-24-7-11(19)14(25-15)27-8-1-3-12(10(18)5-8)26-9-2-4-13(23-6-9)16(20,21)22/h1-7H. The van der Waals surface area contributed by atoms with Crippen LogP contribution in [0.3, 0.4) is 0 Å². The van der Waals surface area contributed by atoms with Gasteiger partial charge in [0.2, 0.25) is 11.1 Å². The molecule has 0 amide bonds. The summed E-state index contributed by atoms with van der Waals surface area (Å²) in [6, 6.07) is 4.96.